The summed E-state index contributed by atoms with van der Waals surface area (Å²) in [6.45, 7) is 0. The van der Waals surface area contributed by atoms with Crippen LogP contribution in [0.3, 0.4) is 0 Å². The van der Waals surface area contributed by atoms with Gasteiger partial charge in [0.15, 0.2) is 9.93 Å². The second kappa shape index (κ2) is 6.63. The number of allylic oxidation sites excluding steroid dienone is 1. The van der Waals surface area contributed by atoms with Crippen LogP contribution in [0, 0.1) is 11.3 Å². The zero-order chi connectivity index (χ0) is 17.8. The molecule has 2 rings (SSSR count). The number of nitrogens with one attached hydrogen (secondary N) is 1. The van der Waals surface area contributed by atoms with Gasteiger partial charge in [-0.3, -0.25) is 4.98 Å². The second-order valence-electron chi connectivity index (χ2n) is 4.24. The van der Waals surface area contributed by atoms with Crippen LogP contribution in [0.2, 0.25) is 0 Å². The van der Waals surface area contributed by atoms with E-state index >= 15 is 0 Å². The third-order valence-electron chi connectivity index (χ3n) is 2.65. The molecule has 1 N–H and O–H groups in total. The number of anilines is 1. The van der Waals surface area contributed by atoms with Crippen molar-refractivity contribution in [1.82, 2.24) is 15.0 Å². The molecule has 7 nitrogen and oxygen atoms in total. The Morgan fingerprint density at radius 2 is 1.96 bits per heavy atom. The average Bonchev–Trinajstić information content (AvgIpc) is 2.55. The van der Waals surface area contributed by atoms with Crippen LogP contribution in [0.5, 0.6) is 0 Å². The topological polar surface area (TPSA) is 109 Å². The summed E-state index contributed by atoms with van der Waals surface area (Å²) in [6.07, 6.45) is 0.624. The molecule has 0 saturated carbocycles. The Balaban J connectivity index is 2.32. The molecule has 0 bridgehead atoms. The molecule has 0 saturated heterocycles. The monoisotopic (exact) mass is 355 g/mol. The van der Waals surface area contributed by atoms with Crippen molar-refractivity contribution < 1.29 is 21.6 Å². The van der Waals surface area contributed by atoms with Crippen molar-refractivity contribution in [3.05, 3.63) is 53.6 Å². The maximum Gasteiger partial charge on any atom is 0.417 e. The fourth-order valence-electron chi connectivity index (χ4n) is 1.50. The fourth-order valence-corrected chi connectivity index (χ4v) is 2.50. The van der Waals surface area contributed by atoms with Crippen LogP contribution in [-0.2, 0) is 16.0 Å². The molecule has 2 aromatic heterocycles. The molecule has 0 spiro atoms. The van der Waals surface area contributed by atoms with Crippen molar-refractivity contribution in [2.75, 3.05) is 5.32 Å². The van der Waals surface area contributed by atoms with E-state index in [-0.39, 0.29) is 5.82 Å². The Kier molecular flexibility index (Phi) is 4.79. The minimum Gasteiger partial charge on any atom is -0.343 e. The molecule has 0 unspecified atom stereocenters. The largest absolute Gasteiger partial charge is 0.417 e. The number of rotatable bonds is 4. The Hall–Kier alpha value is -3.00. The van der Waals surface area contributed by atoms with Gasteiger partial charge in [-0.15, -0.1) is 0 Å². The summed E-state index contributed by atoms with van der Waals surface area (Å²) in [5.41, 5.74) is -1.10. The van der Waals surface area contributed by atoms with E-state index in [1.165, 1.54) is 24.7 Å². The smallest absolute Gasteiger partial charge is 0.343 e. The van der Waals surface area contributed by atoms with Crippen molar-refractivity contribution in [2.24, 2.45) is 0 Å². The summed E-state index contributed by atoms with van der Waals surface area (Å²) < 4.78 is 61.9. The molecular weight excluding hydrogens is 347 g/mol. The number of halogens is 3. The maximum atomic E-state index is 12.5. The first-order valence-corrected chi connectivity index (χ1v) is 7.64. The van der Waals surface area contributed by atoms with Gasteiger partial charge in [-0.1, -0.05) is 0 Å². The van der Waals surface area contributed by atoms with Gasteiger partial charge < -0.3 is 5.32 Å². The van der Waals surface area contributed by atoms with E-state index in [2.05, 4.69) is 20.3 Å². The molecule has 2 aromatic rings. The summed E-state index contributed by atoms with van der Waals surface area (Å²) in [6, 6.07) is 2.72. The van der Waals surface area contributed by atoms with Crippen molar-refractivity contribution >= 4 is 15.7 Å². The quantitative estimate of drug-likeness (QED) is 0.837. The van der Waals surface area contributed by atoms with Crippen molar-refractivity contribution in [3.63, 3.8) is 0 Å². The maximum absolute atomic E-state index is 12.5. The molecule has 0 aliphatic rings. The van der Waals surface area contributed by atoms with E-state index < -0.39 is 31.5 Å². The van der Waals surface area contributed by atoms with Crippen molar-refractivity contribution in [1.29, 1.82) is 5.26 Å². The van der Waals surface area contributed by atoms with E-state index in [9.17, 15) is 21.6 Å². The first-order valence-electron chi connectivity index (χ1n) is 6.16. The average molecular weight is 355 g/mol. The predicted molar refractivity (Wildman–Crippen MR) is 75.8 cm³/mol. The number of aromatic nitrogens is 3. The molecule has 0 amide bonds. The van der Waals surface area contributed by atoms with E-state index in [1.807, 2.05) is 0 Å². The van der Waals surface area contributed by atoms with Gasteiger partial charge in [0.1, 0.15) is 11.9 Å². The molecule has 24 heavy (non-hydrogen) atoms. The van der Waals surface area contributed by atoms with Gasteiger partial charge in [0, 0.05) is 24.8 Å². The van der Waals surface area contributed by atoms with Gasteiger partial charge in [-0.2, -0.15) is 18.4 Å². The fraction of sp³-hybridized carbons (Fsp3) is 0.0769. The Morgan fingerprint density at radius 3 is 2.46 bits per heavy atom. The van der Waals surface area contributed by atoms with Crippen LogP contribution >= 0.6 is 0 Å². The molecule has 0 radical (unpaired) electrons. The first-order chi connectivity index (χ1) is 11.2. The molecule has 0 aromatic carbocycles. The van der Waals surface area contributed by atoms with Crippen molar-refractivity contribution in [2.45, 2.75) is 11.2 Å². The Labute approximate surface area is 134 Å². The SMILES string of the molecule is N#CC(=CNc1cnccn1)S(=O)(=O)c1ccc(C(F)(F)F)cn1. The van der Waals surface area contributed by atoms with Crippen LogP contribution in [0.15, 0.2) is 53.1 Å². The van der Waals surface area contributed by atoms with E-state index in [1.54, 1.807) is 0 Å². The summed E-state index contributed by atoms with van der Waals surface area (Å²) in [4.78, 5) is 10.1. The molecule has 2 heterocycles. The van der Waals surface area contributed by atoms with Crippen LogP contribution in [-0.4, -0.2) is 23.4 Å². The Bertz CT molecular complexity index is 888. The summed E-state index contributed by atoms with van der Waals surface area (Å²) >= 11 is 0. The third kappa shape index (κ3) is 3.85. The standard InChI is InChI=1S/C13H8F3N5O2S/c14-13(15,16)9-1-2-12(21-6-9)24(22,23)10(5-17)7-20-11-8-18-3-4-19-11/h1-4,6-8H,(H,19,20). The highest BCUT2D eigenvalue weighted by Gasteiger charge is 2.32. The van der Waals surface area contributed by atoms with Gasteiger partial charge in [0.2, 0.25) is 9.84 Å². The van der Waals surface area contributed by atoms with Crippen LogP contribution < -0.4 is 5.32 Å². The van der Waals surface area contributed by atoms with Crippen molar-refractivity contribution in [3.8, 4) is 6.07 Å². The summed E-state index contributed by atoms with van der Waals surface area (Å²) in [5, 5.41) is 10.8. The zero-order valence-corrected chi connectivity index (χ0v) is 12.5. The number of nitriles is 1. The lowest BCUT2D eigenvalue weighted by Gasteiger charge is -2.07. The number of pyridine rings is 1. The van der Waals surface area contributed by atoms with E-state index in [0.29, 0.717) is 18.3 Å². The lowest BCUT2D eigenvalue weighted by atomic mass is 10.3. The van der Waals surface area contributed by atoms with Gasteiger partial charge >= 0.3 is 6.18 Å². The molecule has 11 heteroatoms. The van der Waals surface area contributed by atoms with Crippen LogP contribution in [0.25, 0.3) is 0 Å². The molecule has 0 fully saturated rings. The minimum absolute atomic E-state index is 0.181. The number of alkyl halides is 3. The number of sulfone groups is 1. The van der Waals surface area contributed by atoms with E-state index in [4.69, 9.17) is 5.26 Å². The van der Waals surface area contributed by atoms with E-state index in [0.717, 1.165) is 6.20 Å². The highest BCUT2D eigenvalue weighted by molar-refractivity contribution is 7.95. The van der Waals surface area contributed by atoms with Crippen LogP contribution in [0.4, 0.5) is 19.0 Å². The van der Waals surface area contributed by atoms with Gasteiger partial charge in [0.05, 0.1) is 11.8 Å². The number of nitrogens with zero attached hydrogens (tertiary/aromatic N) is 4. The summed E-state index contributed by atoms with van der Waals surface area (Å²) in [7, 11) is -4.37. The third-order valence-corrected chi connectivity index (χ3v) is 4.23. The molecular formula is C13H8F3N5O2S. The van der Waals surface area contributed by atoms with Gasteiger partial charge in [0.25, 0.3) is 0 Å². The van der Waals surface area contributed by atoms with Gasteiger partial charge in [-0.05, 0) is 12.1 Å². The molecule has 0 aliphatic carbocycles. The normalized spacial score (nSPS) is 12.5. The Morgan fingerprint density at radius 1 is 1.21 bits per heavy atom. The first kappa shape index (κ1) is 17.4. The molecule has 0 atom stereocenters. The molecule has 124 valence electrons. The highest BCUT2D eigenvalue weighted by Crippen LogP contribution is 2.29. The lowest BCUT2D eigenvalue weighted by molar-refractivity contribution is -0.137. The summed E-state index contributed by atoms with van der Waals surface area (Å²) in [5.74, 6) is 0.181. The predicted octanol–water partition coefficient (Wildman–Crippen LogP) is 2.14. The lowest BCUT2D eigenvalue weighted by Crippen LogP contribution is -2.10. The van der Waals surface area contributed by atoms with Crippen LogP contribution in [0.1, 0.15) is 5.56 Å². The van der Waals surface area contributed by atoms with Gasteiger partial charge in [-0.25, -0.2) is 18.4 Å². The molecule has 0 aliphatic heterocycles. The zero-order valence-electron chi connectivity index (χ0n) is 11.7. The minimum atomic E-state index is -4.64. The number of hydrogen-bond donors (Lipinski definition) is 1. The highest BCUT2D eigenvalue weighted by atomic mass is 32.2. The second-order valence-corrected chi connectivity index (χ2v) is 6.11. The number of hydrogen-bond acceptors (Lipinski definition) is 7.